The third-order valence-corrected chi connectivity index (χ3v) is 4.26. The van der Waals surface area contributed by atoms with Gasteiger partial charge in [-0.3, -0.25) is 4.90 Å². The zero-order valence-electron chi connectivity index (χ0n) is 14.7. The Labute approximate surface area is 147 Å². The predicted octanol–water partition coefficient (Wildman–Crippen LogP) is 2.20. The van der Waals surface area contributed by atoms with Crippen LogP contribution in [-0.2, 0) is 6.54 Å². The first kappa shape index (κ1) is 17.3. The molecule has 1 fully saturated rings. The Morgan fingerprint density at radius 2 is 1.96 bits per heavy atom. The highest BCUT2D eigenvalue weighted by Gasteiger charge is 2.21. The Morgan fingerprint density at radius 3 is 2.60 bits per heavy atom. The molecule has 0 saturated carbocycles. The lowest BCUT2D eigenvalue weighted by atomic mass is 10.2. The number of nitrogens with zero attached hydrogens (tertiary/aromatic N) is 3. The largest absolute Gasteiger partial charge is 0.497 e. The number of urea groups is 1. The summed E-state index contributed by atoms with van der Waals surface area (Å²) in [6, 6.07) is 7.66. The number of amides is 2. The summed E-state index contributed by atoms with van der Waals surface area (Å²) in [4.78, 5) is 20.5. The van der Waals surface area contributed by atoms with E-state index in [9.17, 15) is 4.79 Å². The summed E-state index contributed by atoms with van der Waals surface area (Å²) >= 11 is 0. The number of methoxy groups -OCH3 is 1. The highest BCUT2D eigenvalue weighted by molar-refractivity contribution is 5.74. The van der Waals surface area contributed by atoms with Crippen molar-refractivity contribution in [3.63, 3.8) is 0 Å². The molecular weight excluding hydrogens is 320 g/mol. The van der Waals surface area contributed by atoms with Crippen molar-refractivity contribution in [2.75, 3.05) is 39.8 Å². The third kappa shape index (κ3) is 4.30. The zero-order chi connectivity index (χ0) is 17.6. The number of piperazine rings is 1. The molecule has 3 rings (SSSR count). The van der Waals surface area contributed by atoms with E-state index in [0.717, 1.165) is 49.7 Å². The summed E-state index contributed by atoms with van der Waals surface area (Å²) in [7, 11) is 1.64. The van der Waals surface area contributed by atoms with Crippen molar-refractivity contribution >= 4 is 6.03 Å². The van der Waals surface area contributed by atoms with Gasteiger partial charge in [0.05, 0.1) is 12.8 Å². The number of carbonyl (C=O) groups excluding carboxylic acids is 1. The Hall–Kier alpha value is -2.54. The number of ether oxygens (including phenoxy) is 1. The fraction of sp³-hybridized carbons (Fsp3) is 0.444. The predicted molar refractivity (Wildman–Crippen MR) is 94.4 cm³/mol. The Bertz CT molecular complexity index is 691. The summed E-state index contributed by atoms with van der Waals surface area (Å²) in [6.45, 7) is 6.45. The quantitative estimate of drug-likeness (QED) is 0.900. The highest BCUT2D eigenvalue weighted by atomic mass is 16.5. The van der Waals surface area contributed by atoms with Crippen molar-refractivity contribution < 1.29 is 13.9 Å². The fourth-order valence-electron chi connectivity index (χ4n) is 2.85. The molecule has 2 amide bonds. The van der Waals surface area contributed by atoms with Crippen molar-refractivity contribution in [3.05, 3.63) is 36.2 Å². The Morgan fingerprint density at radius 1 is 1.24 bits per heavy atom. The van der Waals surface area contributed by atoms with Crippen molar-refractivity contribution in [2.24, 2.45) is 0 Å². The molecule has 25 heavy (non-hydrogen) atoms. The first-order valence-electron chi connectivity index (χ1n) is 8.53. The van der Waals surface area contributed by atoms with Gasteiger partial charge in [0.15, 0.2) is 0 Å². The van der Waals surface area contributed by atoms with Crippen LogP contribution in [0.1, 0.15) is 12.6 Å². The second kappa shape index (κ2) is 8.02. The van der Waals surface area contributed by atoms with Gasteiger partial charge in [0.2, 0.25) is 5.89 Å². The molecule has 134 valence electrons. The number of hydrogen-bond acceptors (Lipinski definition) is 5. The monoisotopic (exact) mass is 344 g/mol. The van der Waals surface area contributed by atoms with Gasteiger partial charge in [-0.05, 0) is 31.2 Å². The Balaban J connectivity index is 1.54. The van der Waals surface area contributed by atoms with E-state index >= 15 is 0 Å². The van der Waals surface area contributed by atoms with Gasteiger partial charge in [0.1, 0.15) is 12.0 Å². The molecule has 0 bridgehead atoms. The van der Waals surface area contributed by atoms with E-state index in [1.54, 1.807) is 13.4 Å². The summed E-state index contributed by atoms with van der Waals surface area (Å²) in [5, 5.41) is 2.84. The van der Waals surface area contributed by atoms with Crippen LogP contribution >= 0.6 is 0 Å². The van der Waals surface area contributed by atoms with E-state index in [4.69, 9.17) is 9.15 Å². The molecule has 0 atom stereocenters. The van der Waals surface area contributed by atoms with E-state index in [1.807, 2.05) is 36.1 Å². The normalized spacial score (nSPS) is 15.2. The van der Waals surface area contributed by atoms with Gasteiger partial charge >= 0.3 is 6.03 Å². The van der Waals surface area contributed by atoms with E-state index in [1.165, 1.54) is 0 Å². The number of aromatic nitrogens is 1. The molecule has 7 heteroatoms. The summed E-state index contributed by atoms with van der Waals surface area (Å²) in [5.74, 6) is 1.42. The number of rotatable bonds is 5. The lowest BCUT2D eigenvalue weighted by Gasteiger charge is -2.34. The van der Waals surface area contributed by atoms with Crippen LogP contribution < -0.4 is 10.1 Å². The topological polar surface area (TPSA) is 70.8 Å². The molecule has 1 N–H and O–H groups in total. The van der Waals surface area contributed by atoms with Crippen LogP contribution in [0.4, 0.5) is 4.79 Å². The molecule has 1 aromatic carbocycles. The van der Waals surface area contributed by atoms with E-state index in [0.29, 0.717) is 12.4 Å². The third-order valence-electron chi connectivity index (χ3n) is 4.26. The summed E-state index contributed by atoms with van der Waals surface area (Å²) < 4.78 is 10.8. The molecule has 2 heterocycles. The molecule has 1 aromatic heterocycles. The SMILES string of the molecule is CCNC(=O)N1CCN(Cc2coc(-c3ccc(OC)cc3)n2)CC1. The molecule has 0 aliphatic carbocycles. The molecule has 1 aliphatic rings. The maximum Gasteiger partial charge on any atom is 0.317 e. The molecule has 2 aromatic rings. The van der Waals surface area contributed by atoms with Crippen molar-refractivity contribution in [3.8, 4) is 17.2 Å². The van der Waals surface area contributed by atoms with Crippen molar-refractivity contribution in [2.45, 2.75) is 13.5 Å². The lowest BCUT2D eigenvalue weighted by molar-refractivity contribution is 0.135. The minimum absolute atomic E-state index is 0.0189. The highest BCUT2D eigenvalue weighted by Crippen LogP contribution is 2.22. The molecule has 1 aliphatic heterocycles. The molecule has 0 unspecified atom stereocenters. The zero-order valence-corrected chi connectivity index (χ0v) is 14.7. The van der Waals surface area contributed by atoms with Crippen molar-refractivity contribution in [1.29, 1.82) is 0 Å². The van der Waals surface area contributed by atoms with E-state index in [2.05, 4.69) is 15.2 Å². The van der Waals surface area contributed by atoms with Gasteiger partial charge in [-0.25, -0.2) is 9.78 Å². The van der Waals surface area contributed by atoms with Crippen LogP contribution in [0.25, 0.3) is 11.5 Å². The first-order valence-corrected chi connectivity index (χ1v) is 8.53. The van der Waals surface area contributed by atoms with Crippen LogP contribution in [0, 0.1) is 0 Å². The molecule has 7 nitrogen and oxygen atoms in total. The minimum Gasteiger partial charge on any atom is -0.497 e. The van der Waals surface area contributed by atoms with E-state index < -0.39 is 0 Å². The van der Waals surface area contributed by atoms with Gasteiger partial charge < -0.3 is 19.4 Å². The van der Waals surface area contributed by atoms with Crippen LogP contribution in [0.3, 0.4) is 0 Å². The van der Waals surface area contributed by atoms with Crippen LogP contribution in [-0.4, -0.2) is 60.6 Å². The van der Waals surface area contributed by atoms with Gasteiger partial charge in [-0.2, -0.15) is 0 Å². The molecule has 0 spiro atoms. The maximum atomic E-state index is 11.8. The van der Waals surface area contributed by atoms with Gasteiger partial charge in [-0.15, -0.1) is 0 Å². The number of hydrogen-bond donors (Lipinski definition) is 1. The van der Waals surface area contributed by atoms with Crippen LogP contribution in [0.2, 0.25) is 0 Å². The molecular formula is C18H24N4O3. The number of carbonyl (C=O) groups is 1. The van der Waals surface area contributed by atoms with Gasteiger partial charge in [-0.1, -0.05) is 0 Å². The van der Waals surface area contributed by atoms with Crippen LogP contribution in [0.15, 0.2) is 34.9 Å². The van der Waals surface area contributed by atoms with Crippen molar-refractivity contribution in [1.82, 2.24) is 20.1 Å². The van der Waals surface area contributed by atoms with E-state index in [-0.39, 0.29) is 6.03 Å². The van der Waals surface area contributed by atoms with Gasteiger partial charge in [0.25, 0.3) is 0 Å². The first-order chi connectivity index (χ1) is 12.2. The smallest absolute Gasteiger partial charge is 0.317 e. The van der Waals surface area contributed by atoms with Gasteiger partial charge in [0, 0.05) is 44.8 Å². The molecule has 1 saturated heterocycles. The van der Waals surface area contributed by atoms with Crippen LogP contribution in [0.5, 0.6) is 5.75 Å². The summed E-state index contributed by atoms with van der Waals surface area (Å²) in [5.41, 5.74) is 1.82. The fourth-order valence-corrected chi connectivity index (χ4v) is 2.85. The standard InChI is InChI=1S/C18H24N4O3/c1-3-19-18(23)22-10-8-21(9-11-22)12-15-13-25-17(20-15)14-4-6-16(24-2)7-5-14/h4-7,13H,3,8-12H2,1-2H3,(H,19,23). The number of nitrogens with one attached hydrogen (secondary N) is 1. The minimum atomic E-state index is 0.0189. The second-order valence-corrected chi connectivity index (χ2v) is 5.97. The number of oxazole rings is 1. The average Bonchev–Trinajstić information content (AvgIpc) is 3.11. The summed E-state index contributed by atoms with van der Waals surface area (Å²) in [6.07, 6.45) is 1.70. The average molecular weight is 344 g/mol. The molecule has 0 radical (unpaired) electrons. The number of benzene rings is 1. The Kier molecular flexibility index (Phi) is 5.55. The second-order valence-electron chi connectivity index (χ2n) is 5.97. The maximum absolute atomic E-state index is 11.8. The lowest BCUT2D eigenvalue weighted by Crippen LogP contribution is -2.51.